The first-order valence-electron chi connectivity index (χ1n) is 13.2. The number of rotatable bonds is 10. The smallest absolute Gasteiger partial charge is 0.355 e. The highest BCUT2D eigenvalue weighted by Gasteiger charge is 2.33. The number of thiophene rings is 1. The van der Waals surface area contributed by atoms with Gasteiger partial charge in [0.25, 0.3) is 0 Å². The molecule has 3 aromatic rings. The monoisotopic (exact) mass is 524 g/mol. The molecule has 200 valence electrons. The van der Waals surface area contributed by atoms with Crippen LogP contribution in [-0.4, -0.2) is 42.4 Å². The fourth-order valence-electron chi connectivity index (χ4n) is 5.03. The van der Waals surface area contributed by atoms with Crippen LogP contribution < -0.4 is 14.8 Å². The van der Waals surface area contributed by atoms with Gasteiger partial charge in [-0.3, -0.25) is 0 Å². The number of hydrogen-bond acceptors (Lipinski definition) is 6. The van der Waals surface area contributed by atoms with Crippen LogP contribution in [-0.2, 0) is 24.1 Å². The van der Waals surface area contributed by atoms with Gasteiger partial charge in [-0.05, 0) is 102 Å². The minimum absolute atomic E-state index is 0.0139. The van der Waals surface area contributed by atoms with Crippen LogP contribution in [0.25, 0.3) is 21.7 Å². The fourth-order valence-corrected chi connectivity index (χ4v) is 5.83. The van der Waals surface area contributed by atoms with E-state index in [-0.39, 0.29) is 17.6 Å². The Labute approximate surface area is 224 Å². The van der Waals surface area contributed by atoms with Gasteiger partial charge < -0.3 is 24.1 Å². The number of fused-ring (bicyclic) bond motifs is 3. The van der Waals surface area contributed by atoms with Crippen LogP contribution in [0, 0.1) is 0 Å². The molecule has 0 radical (unpaired) electrons. The standard InChI is InChI=1S/C30H40N2O4S/c1-8-35-29(33)28-21(11-9-14-31-30(4,5)6)26(25-12-10-16-37-25)27-22-18-24(36-19(2)3)23(34-7)17-20(22)13-15-32(27)28/h10,12,16-19,31H,8-9,11,13-15H2,1-7H3. The minimum atomic E-state index is -0.249. The van der Waals surface area contributed by atoms with Crippen LogP contribution in [0.2, 0.25) is 0 Å². The predicted octanol–water partition coefficient (Wildman–Crippen LogP) is 6.73. The Morgan fingerprint density at radius 3 is 2.62 bits per heavy atom. The van der Waals surface area contributed by atoms with Gasteiger partial charge in [0.05, 0.1) is 25.5 Å². The lowest BCUT2D eigenvalue weighted by atomic mass is 9.93. The van der Waals surface area contributed by atoms with Gasteiger partial charge in [0.1, 0.15) is 5.69 Å². The van der Waals surface area contributed by atoms with Crippen molar-refractivity contribution in [3.05, 3.63) is 46.5 Å². The first kappa shape index (κ1) is 27.3. The van der Waals surface area contributed by atoms with E-state index < -0.39 is 0 Å². The summed E-state index contributed by atoms with van der Waals surface area (Å²) >= 11 is 1.71. The maximum atomic E-state index is 13.4. The topological polar surface area (TPSA) is 61.7 Å². The summed E-state index contributed by atoms with van der Waals surface area (Å²) in [5.74, 6) is 1.21. The predicted molar refractivity (Wildman–Crippen MR) is 151 cm³/mol. The average molecular weight is 525 g/mol. The number of aromatic nitrogens is 1. The Morgan fingerprint density at radius 2 is 2.00 bits per heavy atom. The van der Waals surface area contributed by atoms with Gasteiger partial charge in [0, 0.05) is 28.1 Å². The fraction of sp³-hybridized carbons (Fsp3) is 0.500. The Balaban J connectivity index is 1.92. The SMILES string of the molecule is CCOC(=O)c1c(CCCNC(C)(C)C)c(-c2cccs2)c2n1CCc1cc(OC)c(OC(C)C)cc1-2. The third-order valence-corrected chi connectivity index (χ3v) is 7.36. The van der Waals surface area contributed by atoms with Crippen LogP contribution in [0.1, 0.15) is 69.6 Å². The Morgan fingerprint density at radius 1 is 1.22 bits per heavy atom. The first-order chi connectivity index (χ1) is 17.6. The molecule has 1 aliphatic heterocycles. The number of nitrogens with one attached hydrogen (secondary N) is 1. The summed E-state index contributed by atoms with van der Waals surface area (Å²) in [6.45, 7) is 14.3. The molecule has 0 aliphatic carbocycles. The maximum absolute atomic E-state index is 13.4. The number of nitrogens with zero attached hydrogens (tertiary/aromatic N) is 1. The molecule has 0 amide bonds. The van der Waals surface area contributed by atoms with Gasteiger partial charge in [-0.15, -0.1) is 11.3 Å². The van der Waals surface area contributed by atoms with E-state index in [9.17, 15) is 4.79 Å². The summed E-state index contributed by atoms with van der Waals surface area (Å²) < 4.78 is 19.6. The van der Waals surface area contributed by atoms with Crippen molar-refractivity contribution < 1.29 is 19.0 Å². The minimum Gasteiger partial charge on any atom is -0.493 e. The summed E-state index contributed by atoms with van der Waals surface area (Å²) in [5, 5.41) is 5.68. The van der Waals surface area contributed by atoms with Crippen LogP contribution in [0.3, 0.4) is 0 Å². The largest absolute Gasteiger partial charge is 0.493 e. The second-order valence-electron chi connectivity index (χ2n) is 10.8. The molecule has 1 aliphatic rings. The van der Waals surface area contributed by atoms with Crippen LogP contribution in [0.5, 0.6) is 11.5 Å². The number of esters is 1. The highest BCUT2D eigenvalue weighted by atomic mass is 32.1. The number of carbonyl (C=O) groups is 1. The van der Waals surface area contributed by atoms with Gasteiger partial charge in [-0.2, -0.15) is 0 Å². The van der Waals surface area contributed by atoms with E-state index in [0.717, 1.165) is 64.6 Å². The number of hydrogen-bond donors (Lipinski definition) is 1. The molecule has 0 bridgehead atoms. The van der Waals surface area contributed by atoms with E-state index in [4.69, 9.17) is 14.2 Å². The molecule has 0 spiro atoms. The summed E-state index contributed by atoms with van der Waals surface area (Å²) in [6, 6.07) is 8.41. The lowest BCUT2D eigenvalue weighted by Gasteiger charge is -2.24. The van der Waals surface area contributed by atoms with Crippen molar-refractivity contribution in [3.63, 3.8) is 0 Å². The summed E-state index contributed by atoms with van der Waals surface area (Å²) in [4.78, 5) is 14.6. The lowest BCUT2D eigenvalue weighted by Crippen LogP contribution is -2.36. The van der Waals surface area contributed by atoms with Gasteiger partial charge in [-0.25, -0.2) is 4.79 Å². The molecule has 0 saturated carbocycles. The van der Waals surface area contributed by atoms with Gasteiger partial charge in [0.15, 0.2) is 11.5 Å². The normalized spacial score (nSPS) is 12.9. The molecule has 6 nitrogen and oxygen atoms in total. The molecule has 3 heterocycles. The van der Waals surface area contributed by atoms with Crippen molar-refractivity contribution in [1.29, 1.82) is 0 Å². The number of methoxy groups -OCH3 is 1. The Hall–Kier alpha value is -2.77. The molecule has 37 heavy (non-hydrogen) atoms. The first-order valence-corrected chi connectivity index (χ1v) is 14.1. The Bertz CT molecular complexity index is 1240. The molecule has 0 atom stereocenters. The van der Waals surface area contributed by atoms with Crippen molar-refractivity contribution in [1.82, 2.24) is 9.88 Å². The van der Waals surface area contributed by atoms with Crippen molar-refractivity contribution >= 4 is 17.3 Å². The zero-order chi connectivity index (χ0) is 26.7. The number of carbonyl (C=O) groups excluding carboxylic acids is 1. The van der Waals surface area contributed by atoms with E-state index in [1.807, 2.05) is 20.8 Å². The van der Waals surface area contributed by atoms with Crippen LogP contribution in [0.15, 0.2) is 29.6 Å². The molecular formula is C30H40N2O4S. The van der Waals surface area contributed by atoms with Gasteiger partial charge in [0.2, 0.25) is 0 Å². The molecule has 0 saturated heterocycles. The highest BCUT2D eigenvalue weighted by Crippen LogP contribution is 2.47. The molecule has 0 fully saturated rings. The molecule has 2 aromatic heterocycles. The summed E-state index contributed by atoms with van der Waals surface area (Å²) in [5.41, 5.74) is 6.30. The second-order valence-corrected chi connectivity index (χ2v) is 11.7. The van der Waals surface area contributed by atoms with Crippen LogP contribution in [0.4, 0.5) is 0 Å². The second kappa shape index (κ2) is 11.3. The van der Waals surface area contributed by atoms with E-state index in [1.54, 1.807) is 18.4 Å². The number of benzene rings is 1. The molecule has 7 heteroatoms. The van der Waals surface area contributed by atoms with E-state index in [2.05, 4.69) is 60.3 Å². The molecule has 0 unspecified atom stereocenters. The highest BCUT2D eigenvalue weighted by molar-refractivity contribution is 7.13. The van der Waals surface area contributed by atoms with E-state index in [0.29, 0.717) is 18.8 Å². The van der Waals surface area contributed by atoms with Crippen molar-refractivity contribution in [2.45, 2.75) is 79.0 Å². The maximum Gasteiger partial charge on any atom is 0.355 e. The average Bonchev–Trinajstić information content (AvgIpc) is 3.46. The number of ether oxygens (including phenoxy) is 3. The third kappa shape index (κ3) is 5.88. The quantitative estimate of drug-likeness (QED) is 0.235. The van der Waals surface area contributed by atoms with Crippen molar-refractivity contribution in [3.8, 4) is 33.2 Å². The van der Waals surface area contributed by atoms with Crippen molar-refractivity contribution in [2.75, 3.05) is 20.3 Å². The summed E-state index contributed by atoms with van der Waals surface area (Å²) in [7, 11) is 1.68. The Kier molecular flexibility index (Phi) is 8.34. The zero-order valence-electron chi connectivity index (χ0n) is 23.2. The summed E-state index contributed by atoms with van der Waals surface area (Å²) in [6.07, 6.45) is 2.52. The lowest BCUT2D eigenvalue weighted by molar-refractivity contribution is 0.0512. The van der Waals surface area contributed by atoms with E-state index in [1.165, 1.54) is 5.56 Å². The number of aryl methyl sites for hydroxylation is 1. The molecular weight excluding hydrogens is 484 g/mol. The van der Waals surface area contributed by atoms with Crippen molar-refractivity contribution in [2.24, 2.45) is 0 Å². The van der Waals surface area contributed by atoms with E-state index >= 15 is 0 Å². The molecule has 1 N–H and O–H groups in total. The van der Waals surface area contributed by atoms with Gasteiger partial charge in [-0.1, -0.05) is 6.07 Å². The molecule has 1 aromatic carbocycles. The van der Waals surface area contributed by atoms with Crippen LogP contribution >= 0.6 is 11.3 Å². The third-order valence-electron chi connectivity index (χ3n) is 6.47. The zero-order valence-corrected chi connectivity index (χ0v) is 24.0. The molecule has 4 rings (SSSR count). The van der Waals surface area contributed by atoms with Gasteiger partial charge >= 0.3 is 5.97 Å².